The predicted octanol–water partition coefficient (Wildman–Crippen LogP) is 3.60. The number of ether oxygens (including phenoxy) is 4. The lowest BCUT2D eigenvalue weighted by molar-refractivity contribution is -0.135. The third-order valence-corrected chi connectivity index (χ3v) is 4.28. The Hall–Kier alpha value is -2.93. The van der Waals surface area contributed by atoms with Crippen LogP contribution in [0, 0.1) is 0 Å². The molecule has 1 amide bonds. The van der Waals surface area contributed by atoms with E-state index in [-0.39, 0.29) is 5.91 Å². The smallest absolute Gasteiger partial charge is 0.243 e. The number of amides is 1. The fourth-order valence-corrected chi connectivity index (χ4v) is 2.86. The second kappa shape index (κ2) is 7.75. The minimum absolute atomic E-state index is 0.266. The van der Waals surface area contributed by atoms with Gasteiger partial charge in [0.15, 0.2) is 11.5 Å². The molecule has 0 saturated carbocycles. The molecule has 0 saturated heterocycles. The van der Waals surface area contributed by atoms with Crippen LogP contribution in [0.25, 0.3) is 0 Å². The highest BCUT2D eigenvalue weighted by Gasteiger charge is 2.34. The van der Waals surface area contributed by atoms with Gasteiger partial charge < -0.3 is 18.9 Å². The topological polar surface area (TPSA) is 69.6 Å². The average molecular weight is 391 g/mol. The van der Waals surface area contributed by atoms with Crippen LogP contribution in [-0.4, -0.2) is 38.1 Å². The lowest BCUT2D eigenvalue weighted by Gasteiger charge is -2.21. The van der Waals surface area contributed by atoms with Gasteiger partial charge in [0.2, 0.25) is 23.8 Å². The summed E-state index contributed by atoms with van der Waals surface area (Å²) in [4.78, 5) is 12.1. The lowest BCUT2D eigenvalue weighted by atomic mass is 10.1. The third kappa shape index (κ3) is 3.64. The molecule has 0 aliphatic carbocycles. The molecule has 2 aromatic carbocycles. The molecular formula is C19H19ClN2O5. The Kier molecular flexibility index (Phi) is 5.41. The highest BCUT2D eigenvalue weighted by molar-refractivity contribution is 6.30. The zero-order valence-corrected chi connectivity index (χ0v) is 16.1. The minimum atomic E-state index is -0.762. The van der Waals surface area contributed by atoms with Gasteiger partial charge >= 0.3 is 0 Å². The molecule has 142 valence electrons. The summed E-state index contributed by atoms with van der Waals surface area (Å²) >= 11 is 5.93. The van der Waals surface area contributed by atoms with Crippen molar-refractivity contribution in [2.24, 2.45) is 5.10 Å². The first-order valence-corrected chi connectivity index (χ1v) is 8.47. The molecule has 1 aliphatic rings. The van der Waals surface area contributed by atoms with Gasteiger partial charge in [0.1, 0.15) is 0 Å². The average Bonchev–Trinajstić information content (AvgIpc) is 3.13. The molecule has 0 fully saturated rings. The number of carbonyl (C=O) groups excluding carboxylic acids is 1. The van der Waals surface area contributed by atoms with Gasteiger partial charge in [-0.3, -0.25) is 4.79 Å². The molecule has 1 aliphatic heterocycles. The molecule has 8 heteroatoms. The molecule has 1 atom stereocenters. The second-order valence-corrected chi connectivity index (χ2v) is 6.14. The number of nitrogens with zero attached hydrogens (tertiary/aromatic N) is 2. The number of methoxy groups -OCH3 is 3. The van der Waals surface area contributed by atoms with E-state index in [0.717, 1.165) is 0 Å². The number of hydrazone groups is 1. The van der Waals surface area contributed by atoms with Gasteiger partial charge in [0.05, 0.1) is 21.3 Å². The first-order chi connectivity index (χ1) is 13.0. The Balaban J connectivity index is 2.01. The first-order valence-electron chi connectivity index (χ1n) is 8.09. The highest BCUT2D eigenvalue weighted by Crippen LogP contribution is 2.42. The van der Waals surface area contributed by atoms with E-state index in [0.29, 0.717) is 39.3 Å². The number of hydrogen-bond donors (Lipinski definition) is 0. The van der Waals surface area contributed by atoms with Gasteiger partial charge in [-0.1, -0.05) is 11.6 Å². The summed E-state index contributed by atoms with van der Waals surface area (Å²) < 4.78 is 22.1. The van der Waals surface area contributed by atoms with Crippen molar-refractivity contribution in [3.63, 3.8) is 0 Å². The molecule has 27 heavy (non-hydrogen) atoms. The zero-order chi connectivity index (χ0) is 19.6. The molecule has 0 bridgehead atoms. The van der Waals surface area contributed by atoms with Crippen LogP contribution in [0.1, 0.15) is 24.3 Å². The van der Waals surface area contributed by atoms with Crippen LogP contribution < -0.4 is 14.2 Å². The van der Waals surface area contributed by atoms with E-state index in [4.69, 9.17) is 30.5 Å². The number of benzene rings is 2. The quantitative estimate of drug-likeness (QED) is 0.780. The third-order valence-electron chi connectivity index (χ3n) is 4.03. The minimum Gasteiger partial charge on any atom is -0.493 e. The van der Waals surface area contributed by atoms with Crippen LogP contribution in [0.4, 0.5) is 0 Å². The molecular weight excluding hydrogens is 372 g/mol. The summed E-state index contributed by atoms with van der Waals surface area (Å²) in [6.45, 7) is 1.42. The zero-order valence-electron chi connectivity index (χ0n) is 15.4. The summed E-state index contributed by atoms with van der Waals surface area (Å²) in [5.41, 5.74) is 1.34. The summed E-state index contributed by atoms with van der Waals surface area (Å²) in [5.74, 6) is 1.42. The molecule has 3 rings (SSSR count). The van der Waals surface area contributed by atoms with Gasteiger partial charge in [0.25, 0.3) is 0 Å². The molecule has 2 aromatic rings. The van der Waals surface area contributed by atoms with E-state index in [1.54, 1.807) is 36.4 Å². The maximum absolute atomic E-state index is 12.1. The second-order valence-electron chi connectivity index (χ2n) is 5.70. The van der Waals surface area contributed by atoms with E-state index in [1.165, 1.54) is 33.3 Å². The molecule has 0 N–H and O–H groups in total. The van der Waals surface area contributed by atoms with Gasteiger partial charge in [-0.25, -0.2) is 0 Å². The maximum Gasteiger partial charge on any atom is 0.243 e. The lowest BCUT2D eigenvalue weighted by Crippen LogP contribution is -2.25. The largest absolute Gasteiger partial charge is 0.493 e. The normalized spacial score (nSPS) is 15.8. The van der Waals surface area contributed by atoms with Gasteiger partial charge in [-0.05, 0) is 36.4 Å². The van der Waals surface area contributed by atoms with Crippen molar-refractivity contribution in [2.45, 2.75) is 13.2 Å². The molecule has 1 heterocycles. The number of halogens is 1. The van der Waals surface area contributed by atoms with E-state index >= 15 is 0 Å². The van der Waals surface area contributed by atoms with Gasteiger partial charge in [-0.15, -0.1) is 5.10 Å². The number of rotatable bonds is 5. The Morgan fingerprint density at radius 1 is 1.07 bits per heavy atom. The Bertz CT molecular complexity index is 857. The van der Waals surface area contributed by atoms with Crippen LogP contribution in [0.2, 0.25) is 5.02 Å². The van der Waals surface area contributed by atoms with Crippen LogP contribution in [-0.2, 0) is 9.53 Å². The Labute approximate surface area is 162 Å². The summed E-state index contributed by atoms with van der Waals surface area (Å²) in [6, 6.07) is 10.5. The van der Waals surface area contributed by atoms with Crippen molar-refractivity contribution >= 4 is 23.4 Å². The van der Waals surface area contributed by atoms with Crippen molar-refractivity contribution in [1.82, 2.24) is 5.01 Å². The van der Waals surface area contributed by atoms with Crippen LogP contribution in [0.15, 0.2) is 41.5 Å². The molecule has 7 nitrogen and oxygen atoms in total. The predicted molar refractivity (Wildman–Crippen MR) is 100 cm³/mol. The summed E-state index contributed by atoms with van der Waals surface area (Å²) in [7, 11) is 4.57. The maximum atomic E-state index is 12.1. The fraction of sp³-hybridized carbons (Fsp3) is 0.263. The molecule has 0 radical (unpaired) electrons. The van der Waals surface area contributed by atoms with E-state index in [9.17, 15) is 4.79 Å². The van der Waals surface area contributed by atoms with Crippen molar-refractivity contribution in [3.05, 3.63) is 52.5 Å². The van der Waals surface area contributed by atoms with Crippen molar-refractivity contribution in [3.8, 4) is 17.2 Å². The monoisotopic (exact) mass is 390 g/mol. The summed E-state index contributed by atoms with van der Waals surface area (Å²) in [5, 5.41) is 6.19. The standard InChI is InChI=1S/C19H19ClN2O5/c1-11(23)22-19(27-18(21-22)12-5-7-14(20)8-6-12)13-9-15(24-2)17(26-4)16(10-13)25-3/h5-10,19H,1-4H3/t19-/m0/s1. The van der Waals surface area contributed by atoms with E-state index in [2.05, 4.69) is 5.10 Å². The highest BCUT2D eigenvalue weighted by atomic mass is 35.5. The fourth-order valence-electron chi connectivity index (χ4n) is 2.74. The number of hydrogen-bond acceptors (Lipinski definition) is 6. The Morgan fingerprint density at radius 2 is 1.67 bits per heavy atom. The summed E-state index contributed by atoms with van der Waals surface area (Å²) in [6.07, 6.45) is -0.762. The SMILES string of the molecule is COc1cc([C@@H]2OC(c3ccc(Cl)cc3)=NN2C(C)=O)cc(OC)c1OC. The molecule has 0 spiro atoms. The molecule has 0 unspecified atom stereocenters. The first kappa shape index (κ1) is 18.8. The van der Waals surface area contributed by atoms with Crippen molar-refractivity contribution in [2.75, 3.05) is 21.3 Å². The van der Waals surface area contributed by atoms with Gasteiger partial charge in [-0.2, -0.15) is 5.01 Å². The van der Waals surface area contributed by atoms with Crippen LogP contribution in [0.5, 0.6) is 17.2 Å². The van der Waals surface area contributed by atoms with Gasteiger partial charge in [0, 0.05) is 23.1 Å². The van der Waals surface area contributed by atoms with Crippen molar-refractivity contribution < 1.29 is 23.7 Å². The molecule has 0 aromatic heterocycles. The van der Waals surface area contributed by atoms with E-state index in [1.807, 2.05) is 0 Å². The van der Waals surface area contributed by atoms with Crippen LogP contribution in [0.3, 0.4) is 0 Å². The van der Waals surface area contributed by atoms with Crippen molar-refractivity contribution in [1.29, 1.82) is 0 Å². The van der Waals surface area contributed by atoms with E-state index < -0.39 is 6.23 Å². The van der Waals surface area contributed by atoms with Crippen LogP contribution >= 0.6 is 11.6 Å². The Morgan fingerprint density at radius 3 is 2.15 bits per heavy atom. The number of carbonyl (C=O) groups is 1.